The fourth-order valence-electron chi connectivity index (χ4n) is 3.29. The molecule has 1 aliphatic carbocycles. The Labute approximate surface area is 125 Å². The highest BCUT2D eigenvalue weighted by Gasteiger charge is 2.28. The van der Waals surface area contributed by atoms with Crippen molar-refractivity contribution in [1.82, 2.24) is 9.78 Å². The minimum absolute atomic E-state index is 0.0642. The van der Waals surface area contributed by atoms with Crippen molar-refractivity contribution in [1.29, 1.82) is 0 Å². The van der Waals surface area contributed by atoms with Gasteiger partial charge in [0.25, 0.3) is 0 Å². The number of hydrogen-bond donors (Lipinski definition) is 3. The summed E-state index contributed by atoms with van der Waals surface area (Å²) in [5.41, 5.74) is 7.21. The predicted molar refractivity (Wildman–Crippen MR) is 81.8 cm³/mol. The molecule has 21 heavy (non-hydrogen) atoms. The van der Waals surface area contributed by atoms with Gasteiger partial charge in [-0.15, -0.1) is 0 Å². The van der Waals surface area contributed by atoms with E-state index in [0.717, 1.165) is 24.4 Å². The lowest BCUT2D eigenvalue weighted by molar-refractivity contribution is 0.288. The molecule has 0 aliphatic heterocycles. The van der Waals surface area contributed by atoms with Crippen LogP contribution in [0.4, 0.5) is 5.82 Å². The summed E-state index contributed by atoms with van der Waals surface area (Å²) in [5.74, 6) is 0.887. The van der Waals surface area contributed by atoms with Crippen LogP contribution in [0.5, 0.6) is 0 Å². The second-order valence-electron chi connectivity index (χ2n) is 5.60. The Balaban J connectivity index is 2.44. The lowest BCUT2D eigenvalue weighted by Gasteiger charge is -2.36. The fourth-order valence-corrected chi connectivity index (χ4v) is 3.29. The minimum atomic E-state index is 0.0642. The third-order valence-electron chi connectivity index (χ3n) is 4.18. The maximum atomic E-state index is 9.43. The number of aliphatic hydroxyl groups excluding tert-OH is 1. The number of amidine groups is 1. The van der Waals surface area contributed by atoms with E-state index in [1.807, 2.05) is 14.0 Å². The Bertz CT molecular complexity index is 506. The molecule has 2 rings (SSSR count). The summed E-state index contributed by atoms with van der Waals surface area (Å²) in [6.45, 7) is 2.43. The van der Waals surface area contributed by atoms with Crippen molar-refractivity contribution in [3.63, 3.8) is 0 Å². The first-order valence-electron chi connectivity index (χ1n) is 7.49. The Morgan fingerprint density at radius 2 is 2.10 bits per heavy atom. The second kappa shape index (κ2) is 6.80. The first-order valence-corrected chi connectivity index (χ1v) is 7.49. The Morgan fingerprint density at radius 3 is 2.67 bits per heavy atom. The highest BCUT2D eigenvalue weighted by Crippen LogP contribution is 2.30. The number of aromatic nitrogens is 2. The van der Waals surface area contributed by atoms with Crippen LogP contribution in [0.25, 0.3) is 0 Å². The summed E-state index contributed by atoms with van der Waals surface area (Å²) >= 11 is 0. The summed E-state index contributed by atoms with van der Waals surface area (Å²) in [5, 5.41) is 26.0. The van der Waals surface area contributed by atoms with Crippen molar-refractivity contribution in [3.05, 3.63) is 11.3 Å². The van der Waals surface area contributed by atoms with Gasteiger partial charge in [-0.25, -0.2) is 0 Å². The van der Waals surface area contributed by atoms with E-state index in [9.17, 15) is 5.11 Å². The highest BCUT2D eigenvalue weighted by molar-refractivity contribution is 6.02. The van der Waals surface area contributed by atoms with Gasteiger partial charge < -0.3 is 20.9 Å². The highest BCUT2D eigenvalue weighted by atomic mass is 16.4. The Kier molecular flexibility index (Phi) is 5.06. The van der Waals surface area contributed by atoms with Crippen LogP contribution in [-0.4, -0.2) is 45.1 Å². The summed E-state index contributed by atoms with van der Waals surface area (Å²) in [4.78, 5) is 2.16. The van der Waals surface area contributed by atoms with Crippen molar-refractivity contribution in [2.75, 3.05) is 18.1 Å². The Morgan fingerprint density at radius 1 is 1.43 bits per heavy atom. The van der Waals surface area contributed by atoms with Gasteiger partial charge >= 0.3 is 0 Å². The van der Waals surface area contributed by atoms with Crippen molar-refractivity contribution in [2.24, 2.45) is 17.9 Å². The molecule has 4 N–H and O–H groups in total. The lowest BCUT2D eigenvalue weighted by Crippen LogP contribution is -2.41. The zero-order chi connectivity index (χ0) is 15.4. The molecule has 118 valence electrons. The molecule has 1 heterocycles. The molecule has 0 bridgehead atoms. The van der Waals surface area contributed by atoms with Gasteiger partial charge in [0.05, 0.1) is 17.9 Å². The van der Waals surface area contributed by atoms with Crippen LogP contribution in [0, 0.1) is 6.92 Å². The quantitative estimate of drug-likeness (QED) is 0.325. The normalized spacial score (nSPS) is 17.2. The van der Waals surface area contributed by atoms with E-state index < -0.39 is 0 Å². The number of aryl methyl sites for hydroxylation is 2. The van der Waals surface area contributed by atoms with E-state index in [4.69, 9.17) is 10.9 Å². The number of aliphatic hydroxyl groups is 1. The van der Waals surface area contributed by atoms with Gasteiger partial charge in [-0.3, -0.25) is 4.68 Å². The third kappa shape index (κ3) is 3.12. The van der Waals surface area contributed by atoms with Crippen LogP contribution in [0.3, 0.4) is 0 Å². The maximum absolute atomic E-state index is 9.43. The molecule has 0 saturated heterocycles. The molecule has 1 aliphatic rings. The topological polar surface area (TPSA) is 99.9 Å². The zero-order valence-corrected chi connectivity index (χ0v) is 12.8. The van der Waals surface area contributed by atoms with Crippen LogP contribution in [0.1, 0.15) is 43.4 Å². The second-order valence-corrected chi connectivity index (χ2v) is 5.60. The number of nitrogens with two attached hydrogens (primary N) is 1. The number of hydrogen-bond acceptors (Lipinski definition) is 5. The van der Waals surface area contributed by atoms with Gasteiger partial charge in [-0.2, -0.15) is 5.10 Å². The molecule has 1 aromatic rings. The summed E-state index contributed by atoms with van der Waals surface area (Å²) < 4.78 is 1.76. The molecule has 1 saturated carbocycles. The number of oxime groups is 1. The fraction of sp³-hybridized carbons (Fsp3) is 0.714. The van der Waals surface area contributed by atoms with Gasteiger partial charge in [0, 0.05) is 19.6 Å². The number of rotatable bonds is 5. The molecular weight excluding hydrogens is 270 g/mol. The first kappa shape index (κ1) is 15.6. The van der Waals surface area contributed by atoms with Crippen LogP contribution in [-0.2, 0) is 7.05 Å². The molecule has 7 heteroatoms. The molecule has 0 unspecified atom stereocenters. The van der Waals surface area contributed by atoms with E-state index in [1.165, 1.54) is 19.3 Å². The molecule has 0 spiro atoms. The minimum Gasteiger partial charge on any atom is -0.409 e. The number of anilines is 1. The maximum Gasteiger partial charge on any atom is 0.175 e. The molecule has 0 radical (unpaired) electrons. The molecule has 7 nitrogen and oxygen atoms in total. The smallest absolute Gasteiger partial charge is 0.175 e. The summed E-state index contributed by atoms with van der Waals surface area (Å²) in [6, 6.07) is 0.367. The first-order chi connectivity index (χ1) is 10.1. The van der Waals surface area contributed by atoms with E-state index in [0.29, 0.717) is 18.2 Å². The summed E-state index contributed by atoms with van der Waals surface area (Å²) in [7, 11) is 1.85. The van der Waals surface area contributed by atoms with Crippen LogP contribution < -0.4 is 10.6 Å². The molecule has 0 amide bonds. The van der Waals surface area contributed by atoms with Crippen molar-refractivity contribution in [3.8, 4) is 0 Å². The Hall–Kier alpha value is -1.76. The zero-order valence-electron chi connectivity index (χ0n) is 12.8. The van der Waals surface area contributed by atoms with Crippen LogP contribution in [0.2, 0.25) is 0 Å². The lowest BCUT2D eigenvalue weighted by atomic mass is 9.94. The van der Waals surface area contributed by atoms with Gasteiger partial charge in [0.15, 0.2) is 5.84 Å². The molecular formula is C14H25N5O2. The van der Waals surface area contributed by atoms with E-state index in [-0.39, 0.29) is 12.4 Å². The predicted octanol–water partition coefficient (Wildman–Crippen LogP) is 0.954. The standard InChI is InChI=1S/C14H25N5O2/c1-10-12(13(15)17-21)14(18(2)16-10)19(8-9-20)11-6-4-3-5-7-11/h11,20-21H,3-9H2,1-2H3,(H2,15,17). The summed E-state index contributed by atoms with van der Waals surface area (Å²) in [6.07, 6.45) is 5.85. The van der Waals surface area contributed by atoms with Gasteiger partial charge in [0.1, 0.15) is 5.82 Å². The average Bonchev–Trinajstić information content (AvgIpc) is 2.79. The van der Waals surface area contributed by atoms with E-state index in [1.54, 1.807) is 4.68 Å². The number of nitrogens with zero attached hydrogens (tertiary/aromatic N) is 4. The van der Waals surface area contributed by atoms with Crippen molar-refractivity contribution >= 4 is 11.7 Å². The molecule has 1 aromatic heterocycles. The van der Waals surface area contributed by atoms with Gasteiger partial charge in [-0.1, -0.05) is 24.4 Å². The van der Waals surface area contributed by atoms with E-state index in [2.05, 4.69) is 15.2 Å². The van der Waals surface area contributed by atoms with Gasteiger partial charge in [-0.05, 0) is 19.8 Å². The largest absolute Gasteiger partial charge is 0.409 e. The SMILES string of the molecule is Cc1nn(C)c(N(CCO)C2CCCCC2)c1C(N)=NO. The van der Waals surface area contributed by atoms with Crippen LogP contribution in [0.15, 0.2) is 5.16 Å². The third-order valence-corrected chi connectivity index (χ3v) is 4.18. The molecule has 1 fully saturated rings. The van der Waals surface area contributed by atoms with Crippen molar-refractivity contribution in [2.45, 2.75) is 45.1 Å². The molecule has 0 aromatic carbocycles. The van der Waals surface area contributed by atoms with Crippen molar-refractivity contribution < 1.29 is 10.3 Å². The monoisotopic (exact) mass is 295 g/mol. The average molecular weight is 295 g/mol. The van der Waals surface area contributed by atoms with E-state index >= 15 is 0 Å². The van der Waals surface area contributed by atoms with Crippen LogP contribution >= 0.6 is 0 Å². The molecule has 0 atom stereocenters. The van der Waals surface area contributed by atoms with Gasteiger partial charge in [0.2, 0.25) is 0 Å².